The Morgan fingerprint density at radius 2 is 1.83 bits per heavy atom. The zero-order valence-electron chi connectivity index (χ0n) is 18.5. The molecule has 6 nitrogen and oxygen atoms in total. The summed E-state index contributed by atoms with van der Waals surface area (Å²) in [7, 11) is 0. The largest absolute Gasteiger partial charge is 0.458 e. The fourth-order valence-corrected chi connectivity index (χ4v) is 5.72. The van der Waals surface area contributed by atoms with Crippen LogP contribution >= 0.6 is 0 Å². The lowest BCUT2D eigenvalue weighted by molar-refractivity contribution is -0.237. The molecule has 0 radical (unpaired) electrons. The molecule has 0 heterocycles. The predicted octanol–water partition coefficient (Wildman–Crippen LogP) is 2.72. The SMILES string of the molecule is CCCCCCCC(=O)O[C@@H]1C=C(CO)[C@](O)(CO)[C@]2(C)[C@H](O)CCC(C)(C)[C@H]12. The Balaban J connectivity index is 2.31. The zero-order chi connectivity index (χ0) is 21.9. The summed E-state index contributed by atoms with van der Waals surface area (Å²) < 4.78 is 5.86. The highest BCUT2D eigenvalue weighted by atomic mass is 16.5. The molecular formula is C23H40O6. The molecule has 0 aromatic carbocycles. The first-order chi connectivity index (χ1) is 13.6. The normalized spacial score (nSPS) is 36.3. The van der Waals surface area contributed by atoms with Crippen molar-refractivity contribution < 1.29 is 30.0 Å². The minimum atomic E-state index is -1.77. The maximum atomic E-state index is 12.6. The smallest absolute Gasteiger partial charge is 0.306 e. The van der Waals surface area contributed by atoms with Crippen LogP contribution in [0.5, 0.6) is 0 Å². The first kappa shape index (κ1) is 24.3. The number of fused-ring (bicyclic) bond motifs is 1. The molecule has 0 aromatic rings. The van der Waals surface area contributed by atoms with E-state index in [4.69, 9.17) is 4.74 Å². The highest BCUT2D eigenvalue weighted by Gasteiger charge is 2.67. The van der Waals surface area contributed by atoms with Gasteiger partial charge in [0.25, 0.3) is 0 Å². The van der Waals surface area contributed by atoms with E-state index in [1.54, 1.807) is 13.0 Å². The Morgan fingerprint density at radius 1 is 1.17 bits per heavy atom. The van der Waals surface area contributed by atoms with Crippen molar-refractivity contribution in [2.24, 2.45) is 16.7 Å². The number of esters is 1. The Bertz CT molecular complexity index is 600. The van der Waals surface area contributed by atoms with Crippen molar-refractivity contribution in [2.45, 2.75) is 96.9 Å². The van der Waals surface area contributed by atoms with Crippen LogP contribution in [-0.4, -0.2) is 57.4 Å². The van der Waals surface area contributed by atoms with Crippen LogP contribution in [0, 0.1) is 16.7 Å². The Morgan fingerprint density at radius 3 is 2.41 bits per heavy atom. The van der Waals surface area contributed by atoms with Crippen LogP contribution in [0.3, 0.4) is 0 Å². The molecule has 0 spiro atoms. The molecule has 6 heteroatoms. The molecule has 0 saturated heterocycles. The summed E-state index contributed by atoms with van der Waals surface area (Å²) >= 11 is 0. The third-order valence-corrected chi connectivity index (χ3v) is 7.51. The minimum absolute atomic E-state index is 0.205. The van der Waals surface area contributed by atoms with Crippen molar-refractivity contribution in [3.05, 3.63) is 11.6 Å². The number of rotatable bonds is 9. The summed E-state index contributed by atoms with van der Waals surface area (Å²) in [5, 5.41) is 42.3. The van der Waals surface area contributed by atoms with Crippen LogP contribution in [0.1, 0.15) is 79.1 Å². The lowest BCUT2D eigenvalue weighted by atomic mass is 9.45. The van der Waals surface area contributed by atoms with E-state index in [1.807, 2.05) is 13.8 Å². The van der Waals surface area contributed by atoms with Gasteiger partial charge in [-0.15, -0.1) is 0 Å². The van der Waals surface area contributed by atoms with Crippen LogP contribution < -0.4 is 0 Å². The van der Waals surface area contributed by atoms with Gasteiger partial charge in [-0.3, -0.25) is 4.79 Å². The number of carbonyl (C=O) groups excluding carboxylic acids is 1. The molecule has 1 fully saturated rings. The maximum Gasteiger partial charge on any atom is 0.306 e. The standard InChI is InChI=1S/C23H40O6/c1-5-6-7-8-9-10-19(27)29-17-13-16(14-24)23(28,15-25)22(4)18(26)11-12-21(2,3)20(17)22/h13,17-18,20,24-26,28H,5-12,14-15H2,1-4H3/t17-,18-,20+,22-,23-/m1/s1. The number of hydrogen-bond acceptors (Lipinski definition) is 6. The molecule has 2 aliphatic carbocycles. The van der Waals surface area contributed by atoms with E-state index < -0.39 is 42.4 Å². The first-order valence-corrected chi connectivity index (χ1v) is 11.1. The third-order valence-electron chi connectivity index (χ3n) is 7.51. The van der Waals surface area contributed by atoms with Gasteiger partial charge in [0.05, 0.1) is 19.3 Å². The van der Waals surface area contributed by atoms with Crippen molar-refractivity contribution in [3.8, 4) is 0 Å². The Kier molecular flexibility index (Phi) is 7.93. The summed E-state index contributed by atoms with van der Waals surface area (Å²) in [5.41, 5.74) is -3.05. The fraction of sp³-hybridized carbons (Fsp3) is 0.870. The minimum Gasteiger partial charge on any atom is -0.458 e. The molecule has 5 atom stereocenters. The molecule has 2 aliphatic rings. The first-order valence-electron chi connectivity index (χ1n) is 11.1. The number of carbonyl (C=O) groups is 1. The van der Waals surface area contributed by atoms with Crippen molar-refractivity contribution >= 4 is 5.97 Å². The highest BCUT2D eigenvalue weighted by Crippen LogP contribution is 2.61. The topological polar surface area (TPSA) is 107 Å². The van der Waals surface area contributed by atoms with E-state index in [9.17, 15) is 25.2 Å². The number of aliphatic hydroxyl groups excluding tert-OH is 3. The van der Waals surface area contributed by atoms with Crippen LogP contribution in [0.25, 0.3) is 0 Å². The Labute approximate surface area is 175 Å². The molecule has 29 heavy (non-hydrogen) atoms. The van der Waals surface area contributed by atoms with Gasteiger partial charge in [0.2, 0.25) is 0 Å². The van der Waals surface area contributed by atoms with E-state index in [0.29, 0.717) is 19.3 Å². The van der Waals surface area contributed by atoms with Gasteiger partial charge in [-0.05, 0) is 36.3 Å². The van der Waals surface area contributed by atoms with Crippen LogP contribution in [0.4, 0.5) is 0 Å². The average Bonchev–Trinajstić information content (AvgIpc) is 2.67. The van der Waals surface area contributed by atoms with Gasteiger partial charge in [0.15, 0.2) is 0 Å². The van der Waals surface area contributed by atoms with E-state index >= 15 is 0 Å². The molecule has 0 aliphatic heterocycles. The van der Waals surface area contributed by atoms with Crippen molar-refractivity contribution in [1.29, 1.82) is 0 Å². The van der Waals surface area contributed by atoms with Crippen molar-refractivity contribution in [3.63, 3.8) is 0 Å². The molecule has 4 N–H and O–H groups in total. The van der Waals surface area contributed by atoms with Crippen LogP contribution in [0.15, 0.2) is 11.6 Å². The van der Waals surface area contributed by atoms with E-state index in [-0.39, 0.29) is 17.0 Å². The Hall–Kier alpha value is -0.950. The maximum absolute atomic E-state index is 12.6. The van der Waals surface area contributed by atoms with Crippen LogP contribution in [-0.2, 0) is 9.53 Å². The molecule has 0 bridgehead atoms. The second kappa shape index (κ2) is 9.46. The van der Waals surface area contributed by atoms with Gasteiger partial charge < -0.3 is 25.2 Å². The molecule has 168 valence electrons. The zero-order valence-corrected chi connectivity index (χ0v) is 18.5. The third kappa shape index (κ3) is 4.41. The molecule has 1 saturated carbocycles. The predicted molar refractivity (Wildman–Crippen MR) is 111 cm³/mol. The van der Waals surface area contributed by atoms with Gasteiger partial charge >= 0.3 is 5.97 Å². The highest BCUT2D eigenvalue weighted by molar-refractivity contribution is 5.69. The number of aliphatic hydroxyl groups is 4. The van der Waals surface area contributed by atoms with Crippen molar-refractivity contribution in [1.82, 2.24) is 0 Å². The van der Waals surface area contributed by atoms with Gasteiger partial charge in [0, 0.05) is 17.8 Å². The van der Waals surface area contributed by atoms with Gasteiger partial charge in [-0.2, -0.15) is 0 Å². The quantitative estimate of drug-likeness (QED) is 0.264. The molecule has 0 aromatic heterocycles. The summed E-state index contributed by atoms with van der Waals surface area (Å²) in [6, 6.07) is 0. The van der Waals surface area contributed by atoms with Crippen molar-refractivity contribution in [2.75, 3.05) is 13.2 Å². The second-order valence-electron chi connectivity index (χ2n) is 9.79. The summed E-state index contributed by atoms with van der Waals surface area (Å²) in [6.45, 7) is 6.89. The van der Waals surface area contributed by atoms with E-state index in [1.165, 1.54) is 0 Å². The van der Waals surface area contributed by atoms with Gasteiger partial charge in [0.1, 0.15) is 11.7 Å². The number of unbranched alkanes of at least 4 members (excludes halogenated alkanes) is 4. The lowest BCUT2D eigenvalue weighted by Crippen LogP contribution is -2.70. The summed E-state index contributed by atoms with van der Waals surface area (Å²) in [4.78, 5) is 12.6. The average molecular weight is 413 g/mol. The molecule has 2 rings (SSSR count). The molecule has 0 unspecified atom stereocenters. The molecule has 0 amide bonds. The van der Waals surface area contributed by atoms with Gasteiger partial charge in [-0.25, -0.2) is 0 Å². The van der Waals surface area contributed by atoms with E-state index in [2.05, 4.69) is 6.92 Å². The summed E-state index contributed by atoms with van der Waals surface area (Å²) in [6.07, 6.45) is 6.73. The summed E-state index contributed by atoms with van der Waals surface area (Å²) in [5.74, 6) is -0.692. The lowest BCUT2D eigenvalue weighted by Gasteiger charge is -2.63. The molecular weight excluding hydrogens is 372 g/mol. The monoisotopic (exact) mass is 412 g/mol. The number of ether oxygens (including phenoxy) is 1. The number of hydrogen-bond donors (Lipinski definition) is 4. The van der Waals surface area contributed by atoms with Gasteiger partial charge in [-0.1, -0.05) is 53.4 Å². The second-order valence-corrected chi connectivity index (χ2v) is 9.79. The van der Waals surface area contributed by atoms with Crippen LogP contribution in [0.2, 0.25) is 0 Å². The fourth-order valence-electron chi connectivity index (χ4n) is 5.72. The van der Waals surface area contributed by atoms with E-state index in [0.717, 1.165) is 32.1 Å².